The SMILES string of the molecule is Cc1ccc(F)cc1-c1nc(CCCN)no1. The van der Waals surface area contributed by atoms with Gasteiger partial charge in [0, 0.05) is 12.0 Å². The van der Waals surface area contributed by atoms with E-state index in [1.54, 1.807) is 6.07 Å². The second-order valence-electron chi connectivity index (χ2n) is 3.87. The summed E-state index contributed by atoms with van der Waals surface area (Å²) in [5.41, 5.74) is 6.94. The molecule has 90 valence electrons. The highest BCUT2D eigenvalue weighted by Crippen LogP contribution is 2.22. The highest BCUT2D eigenvalue weighted by atomic mass is 19.1. The van der Waals surface area contributed by atoms with Crippen LogP contribution in [0.15, 0.2) is 22.7 Å². The molecule has 1 aromatic carbocycles. The molecule has 0 bridgehead atoms. The van der Waals surface area contributed by atoms with Crippen LogP contribution in [0.5, 0.6) is 0 Å². The molecule has 2 rings (SSSR count). The summed E-state index contributed by atoms with van der Waals surface area (Å²) in [5, 5.41) is 3.84. The van der Waals surface area contributed by atoms with Crippen molar-refractivity contribution in [1.29, 1.82) is 0 Å². The van der Waals surface area contributed by atoms with Crippen LogP contribution in [0.25, 0.3) is 11.5 Å². The molecule has 1 aromatic heterocycles. The molecule has 1 heterocycles. The predicted molar refractivity (Wildman–Crippen MR) is 61.8 cm³/mol. The summed E-state index contributed by atoms with van der Waals surface area (Å²) >= 11 is 0. The number of rotatable bonds is 4. The Morgan fingerprint density at radius 2 is 2.24 bits per heavy atom. The van der Waals surface area contributed by atoms with Crippen LogP contribution >= 0.6 is 0 Å². The Labute approximate surface area is 98.6 Å². The van der Waals surface area contributed by atoms with Crippen molar-refractivity contribution in [3.63, 3.8) is 0 Å². The molecule has 0 radical (unpaired) electrons. The molecule has 0 aliphatic carbocycles. The zero-order valence-electron chi connectivity index (χ0n) is 9.61. The van der Waals surface area contributed by atoms with Crippen LogP contribution in [-0.2, 0) is 6.42 Å². The van der Waals surface area contributed by atoms with Gasteiger partial charge in [0.2, 0.25) is 0 Å². The maximum Gasteiger partial charge on any atom is 0.258 e. The number of aromatic nitrogens is 2. The first kappa shape index (κ1) is 11.7. The molecule has 0 atom stereocenters. The van der Waals surface area contributed by atoms with E-state index in [-0.39, 0.29) is 5.82 Å². The Hall–Kier alpha value is -1.75. The van der Waals surface area contributed by atoms with E-state index in [4.69, 9.17) is 10.3 Å². The molecule has 0 amide bonds. The summed E-state index contributed by atoms with van der Waals surface area (Å²) in [7, 11) is 0. The minimum atomic E-state index is -0.313. The lowest BCUT2D eigenvalue weighted by molar-refractivity contribution is 0.421. The first-order valence-corrected chi connectivity index (χ1v) is 5.50. The molecule has 2 N–H and O–H groups in total. The van der Waals surface area contributed by atoms with E-state index in [9.17, 15) is 4.39 Å². The molecule has 17 heavy (non-hydrogen) atoms. The van der Waals surface area contributed by atoms with Crippen molar-refractivity contribution in [2.24, 2.45) is 5.73 Å². The van der Waals surface area contributed by atoms with Crippen LogP contribution in [0, 0.1) is 12.7 Å². The van der Waals surface area contributed by atoms with E-state index in [2.05, 4.69) is 10.1 Å². The molecule has 0 aliphatic rings. The topological polar surface area (TPSA) is 64.9 Å². The zero-order valence-corrected chi connectivity index (χ0v) is 9.61. The van der Waals surface area contributed by atoms with Gasteiger partial charge in [-0.05, 0) is 37.6 Å². The molecule has 0 fully saturated rings. The maximum absolute atomic E-state index is 13.1. The first-order valence-electron chi connectivity index (χ1n) is 5.50. The molecule has 0 unspecified atom stereocenters. The van der Waals surface area contributed by atoms with Gasteiger partial charge >= 0.3 is 0 Å². The average molecular weight is 235 g/mol. The number of halogens is 1. The average Bonchev–Trinajstić information content (AvgIpc) is 2.78. The van der Waals surface area contributed by atoms with E-state index >= 15 is 0 Å². The van der Waals surface area contributed by atoms with Crippen molar-refractivity contribution in [1.82, 2.24) is 10.1 Å². The van der Waals surface area contributed by atoms with Crippen LogP contribution in [0.4, 0.5) is 4.39 Å². The fraction of sp³-hybridized carbons (Fsp3) is 0.333. The number of nitrogens with two attached hydrogens (primary N) is 1. The third-order valence-electron chi connectivity index (χ3n) is 2.50. The standard InChI is InChI=1S/C12H14FN3O/c1-8-4-5-9(13)7-10(8)12-15-11(16-17-12)3-2-6-14/h4-5,7H,2-3,6,14H2,1H3. The normalized spacial score (nSPS) is 10.8. The van der Waals surface area contributed by atoms with E-state index in [0.29, 0.717) is 30.2 Å². The quantitative estimate of drug-likeness (QED) is 0.881. The highest BCUT2D eigenvalue weighted by molar-refractivity contribution is 5.57. The van der Waals surface area contributed by atoms with Crippen molar-refractivity contribution < 1.29 is 8.91 Å². The Bertz CT molecular complexity index is 510. The summed E-state index contributed by atoms with van der Waals surface area (Å²) in [6.07, 6.45) is 1.48. The number of hydrogen-bond donors (Lipinski definition) is 1. The van der Waals surface area contributed by atoms with E-state index in [1.165, 1.54) is 12.1 Å². The Morgan fingerprint density at radius 3 is 3.00 bits per heavy atom. The number of nitrogens with zero attached hydrogens (tertiary/aromatic N) is 2. The molecular weight excluding hydrogens is 221 g/mol. The molecule has 0 spiro atoms. The van der Waals surface area contributed by atoms with Gasteiger partial charge < -0.3 is 10.3 Å². The van der Waals surface area contributed by atoms with Gasteiger partial charge in [-0.15, -0.1) is 0 Å². The Morgan fingerprint density at radius 1 is 1.41 bits per heavy atom. The van der Waals surface area contributed by atoms with Crippen LogP contribution in [0.1, 0.15) is 17.8 Å². The summed E-state index contributed by atoms with van der Waals surface area (Å²) in [4.78, 5) is 4.22. The van der Waals surface area contributed by atoms with Crippen molar-refractivity contribution in [3.8, 4) is 11.5 Å². The lowest BCUT2D eigenvalue weighted by Gasteiger charge is -1.99. The van der Waals surface area contributed by atoms with Gasteiger partial charge in [-0.3, -0.25) is 0 Å². The fourth-order valence-electron chi connectivity index (χ4n) is 1.55. The number of aryl methyl sites for hydroxylation is 2. The largest absolute Gasteiger partial charge is 0.334 e. The van der Waals surface area contributed by atoms with Crippen LogP contribution in [-0.4, -0.2) is 16.7 Å². The summed E-state index contributed by atoms with van der Waals surface area (Å²) in [6.45, 7) is 2.46. The molecule has 2 aromatic rings. The minimum Gasteiger partial charge on any atom is -0.334 e. The molecule has 0 aliphatic heterocycles. The number of benzene rings is 1. The molecule has 0 saturated carbocycles. The van der Waals surface area contributed by atoms with Crippen LogP contribution in [0.2, 0.25) is 0 Å². The van der Waals surface area contributed by atoms with Crippen molar-refractivity contribution in [3.05, 3.63) is 35.4 Å². The zero-order chi connectivity index (χ0) is 12.3. The maximum atomic E-state index is 13.1. The van der Waals surface area contributed by atoms with Crippen LogP contribution < -0.4 is 5.73 Å². The van der Waals surface area contributed by atoms with Crippen molar-refractivity contribution in [2.45, 2.75) is 19.8 Å². The Balaban J connectivity index is 2.27. The second kappa shape index (κ2) is 5.05. The highest BCUT2D eigenvalue weighted by Gasteiger charge is 2.11. The molecule has 5 heteroatoms. The third-order valence-corrected chi connectivity index (χ3v) is 2.50. The van der Waals surface area contributed by atoms with Gasteiger partial charge in [-0.2, -0.15) is 4.98 Å². The lowest BCUT2D eigenvalue weighted by Crippen LogP contribution is -2.01. The summed E-state index contributed by atoms with van der Waals surface area (Å²) < 4.78 is 18.3. The van der Waals surface area contributed by atoms with E-state index < -0.39 is 0 Å². The van der Waals surface area contributed by atoms with E-state index in [1.807, 2.05) is 6.92 Å². The van der Waals surface area contributed by atoms with Crippen LogP contribution in [0.3, 0.4) is 0 Å². The van der Waals surface area contributed by atoms with E-state index in [0.717, 1.165) is 12.0 Å². The fourth-order valence-corrected chi connectivity index (χ4v) is 1.55. The first-order chi connectivity index (χ1) is 8.20. The third kappa shape index (κ3) is 2.68. The van der Waals surface area contributed by atoms with Crippen molar-refractivity contribution >= 4 is 0 Å². The van der Waals surface area contributed by atoms with Gasteiger partial charge in [0.25, 0.3) is 5.89 Å². The molecule has 0 saturated heterocycles. The Kier molecular flexibility index (Phi) is 3.49. The smallest absolute Gasteiger partial charge is 0.258 e. The van der Waals surface area contributed by atoms with Gasteiger partial charge in [0.1, 0.15) is 5.82 Å². The monoisotopic (exact) mass is 235 g/mol. The lowest BCUT2D eigenvalue weighted by atomic mass is 10.1. The summed E-state index contributed by atoms with van der Waals surface area (Å²) in [5.74, 6) is 0.649. The number of hydrogen-bond acceptors (Lipinski definition) is 4. The minimum absolute atomic E-state index is 0.313. The summed E-state index contributed by atoms with van der Waals surface area (Å²) in [6, 6.07) is 4.49. The van der Waals surface area contributed by atoms with Gasteiger partial charge in [-0.1, -0.05) is 11.2 Å². The second-order valence-corrected chi connectivity index (χ2v) is 3.87. The molecule has 4 nitrogen and oxygen atoms in total. The predicted octanol–water partition coefficient (Wildman–Crippen LogP) is 2.08. The van der Waals surface area contributed by atoms with Gasteiger partial charge in [-0.25, -0.2) is 4.39 Å². The van der Waals surface area contributed by atoms with Crippen molar-refractivity contribution in [2.75, 3.05) is 6.54 Å². The molecular formula is C12H14FN3O. The van der Waals surface area contributed by atoms with Gasteiger partial charge in [0.05, 0.1) is 0 Å². The van der Waals surface area contributed by atoms with Gasteiger partial charge in [0.15, 0.2) is 5.82 Å².